The van der Waals surface area contributed by atoms with E-state index in [1.807, 2.05) is 18.2 Å². The summed E-state index contributed by atoms with van der Waals surface area (Å²) in [6, 6.07) is 10.4. The zero-order valence-electron chi connectivity index (χ0n) is 10.6. The number of aromatic nitrogens is 2. The molecule has 1 aromatic carbocycles. The molecule has 3 aromatic rings. The Labute approximate surface area is 125 Å². The van der Waals surface area contributed by atoms with Crippen LogP contribution in [0.3, 0.4) is 0 Å². The predicted octanol–water partition coefficient (Wildman–Crippen LogP) is 5.33. The molecule has 0 spiro atoms. The summed E-state index contributed by atoms with van der Waals surface area (Å²) in [4.78, 5) is 5.82. The average molecular weight is 309 g/mol. The molecule has 0 fully saturated rings. The van der Waals surface area contributed by atoms with Crippen molar-refractivity contribution in [3.63, 3.8) is 0 Å². The second-order valence-electron chi connectivity index (χ2n) is 4.56. The lowest BCUT2D eigenvalue weighted by Crippen LogP contribution is -2.04. The molecular formula is C14H13ClN2S2. The topological polar surface area (TPSA) is 20.7 Å². The van der Waals surface area contributed by atoms with Crippen LogP contribution in [-0.2, 0) is 0 Å². The van der Waals surface area contributed by atoms with Crippen molar-refractivity contribution < 1.29 is 0 Å². The van der Waals surface area contributed by atoms with Crippen LogP contribution >= 0.6 is 35.2 Å². The smallest absolute Gasteiger partial charge is 0.178 e. The fraction of sp³-hybridized carbons (Fsp3) is 0.214. The van der Waals surface area contributed by atoms with E-state index in [1.165, 1.54) is 9.75 Å². The quantitative estimate of drug-likeness (QED) is 0.634. The highest BCUT2D eigenvalue weighted by Gasteiger charge is 2.15. The second kappa shape index (κ2) is 4.78. The molecular weight excluding hydrogens is 296 g/mol. The highest BCUT2D eigenvalue weighted by molar-refractivity contribution is 7.71. The normalized spacial score (nSPS) is 13.0. The Bertz CT molecular complexity index is 797. The van der Waals surface area contributed by atoms with Gasteiger partial charge in [-0.1, -0.05) is 17.7 Å². The van der Waals surface area contributed by atoms with Crippen LogP contribution in [0.5, 0.6) is 0 Å². The summed E-state index contributed by atoms with van der Waals surface area (Å²) in [6.45, 7) is 4.28. The highest BCUT2D eigenvalue weighted by atomic mass is 35.5. The van der Waals surface area contributed by atoms with E-state index in [2.05, 4.69) is 35.5 Å². The summed E-state index contributed by atoms with van der Waals surface area (Å²) in [5.74, 6) is 0. The first-order valence-corrected chi connectivity index (χ1v) is 7.63. The molecule has 0 aliphatic carbocycles. The van der Waals surface area contributed by atoms with Gasteiger partial charge in [-0.15, -0.1) is 11.3 Å². The van der Waals surface area contributed by atoms with Crippen LogP contribution in [0.25, 0.3) is 11.0 Å². The Hall–Kier alpha value is -1.10. The van der Waals surface area contributed by atoms with Crippen molar-refractivity contribution in [1.82, 2.24) is 9.55 Å². The van der Waals surface area contributed by atoms with E-state index in [-0.39, 0.29) is 6.04 Å². The van der Waals surface area contributed by atoms with Crippen LogP contribution in [0, 0.1) is 11.7 Å². The minimum absolute atomic E-state index is 0.207. The largest absolute Gasteiger partial charge is 0.329 e. The molecule has 3 rings (SSSR count). The number of imidazole rings is 1. The number of para-hydroxylation sites is 1. The number of fused-ring (bicyclic) bond motifs is 1. The molecule has 0 bridgehead atoms. The highest BCUT2D eigenvalue weighted by Crippen LogP contribution is 2.31. The summed E-state index contributed by atoms with van der Waals surface area (Å²) < 4.78 is 2.84. The van der Waals surface area contributed by atoms with Crippen molar-refractivity contribution in [3.05, 3.63) is 49.9 Å². The summed E-state index contributed by atoms with van der Waals surface area (Å²) >= 11 is 13.5. The fourth-order valence-corrected chi connectivity index (χ4v) is 3.80. The lowest BCUT2D eigenvalue weighted by molar-refractivity contribution is 0.661. The van der Waals surface area contributed by atoms with Gasteiger partial charge in [0.05, 0.1) is 22.1 Å². The molecule has 2 nitrogen and oxygen atoms in total. The third kappa shape index (κ3) is 2.14. The number of nitrogens with one attached hydrogen (secondary N) is 1. The monoisotopic (exact) mass is 308 g/mol. The number of hydrogen-bond acceptors (Lipinski definition) is 2. The Kier molecular flexibility index (Phi) is 3.25. The van der Waals surface area contributed by atoms with Crippen molar-refractivity contribution in [1.29, 1.82) is 0 Å². The molecule has 0 aliphatic rings. The van der Waals surface area contributed by atoms with Gasteiger partial charge in [-0.25, -0.2) is 0 Å². The molecule has 1 N–H and O–H groups in total. The molecule has 98 valence electrons. The van der Waals surface area contributed by atoms with E-state index in [0.29, 0.717) is 9.79 Å². The number of rotatable bonds is 2. The summed E-state index contributed by atoms with van der Waals surface area (Å²) in [7, 11) is 0. The number of halogens is 1. The maximum atomic E-state index is 6.21. The van der Waals surface area contributed by atoms with Gasteiger partial charge in [0.1, 0.15) is 0 Å². The minimum atomic E-state index is 0.207. The van der Waals surface area contributed by atoms with Gasteiger partial charge < -0.3 is 9.55 Å². The van der Waals surface area contributed by atoms with Crippen LogP contribution in [-0.4, -0.2) is 9.55 Å². The van der Waals surface area contributed by atoms with Crippen molar-refractivity contribution in [2.24, 2.45) is 0 Å². The number of nitrogens with zero attached hydrogens (tertiary/aromatic N) is 1. The third-order valence-corrected chi connectivity index (χ3v) is 5.05. The molecule has 0 aliphatic heterocycles. The van der Waals surface area contributed by atoms with Gasteiger partial charge in [-0.2, -0.15) is 0 Å². The molecule has 0 amide bonds. The lowest BCUT2D eigenvalue weighted by Gasteiger charge is -2.12. The summed E-state index contributed by atoms with van der Waals surface area (Å²) in [5.41, 5.74) is 1.96. The van der Waals surface area contributed by atoms with Gasteiger partial charge in [-0.3, -0.25) is 0 Å². The van der Waals surface area contributed by atoms with E-state index in [1.54, 1.807) is 11.3 Å². The van der Waals surface area contributed by atoms with Crippen LogP contribution in [0.1, 0.15) is 22.7 Å². The SMILES string of the molecule is Cc1ccc(C(C)n2c(=S)[nH]c3c(Cl)cccc32)s1. The lowest BCUT2D eigenvalue weighted by atomic mass is 10.2. The van der Waals surface area contributed by atoms with Crippen molar-refractivity contribution in [2.75, 3.05) is 0 Å². The number of thiophene rings is 1. The van der Waals surface area contributed by atoms with E-state index in [9.17, 15) is 0 Å². The van der Waals surface area contributed by atoms with Crippen LogP contribution in [0.4, 0.5) is 0 Å². The number of aryl methyl sites for hydroxylation is 1. The molecule has 2 heterocycles. The second-order valence-corrected chi connectivity index (χ2v) is 6.67. The van der Waals surface area contributed by atoms with E-state index in [0.717, 1.165) is 11.0 Å². The Morgan fingerprint density at radius 3 is 2.79 bits per heavy atom. The number of hydrogen-bond donors (Lipinski definition) is 1. The molecule has 0 saturated carbocycles. The molecule has 5 heteroatoms. The number of H-pyrrole nitrogens is 1. The number of benzene rings is 1. The summed E-state index contributed by atoms with van der Waals surface area (Å²) in [5, 5.41) is 0.705. The van der Waals surface area contributed by atoms with Crippen molar-refractivity contribution in [3.8, 4) is 0 Å². The van der Waals surface area contributed by atoms with E-state index in [4.69, 9.17) is 23.8 Å². The number of aromatic amines is 1. The van der Waals surface area contributed by atoms with Gasteiger partial charge in [-0.05, 0) is 50.3 Å². The van der Waals surface area contributed by atoms with E-state index < -0.39 is 0 Å². The first-order valence-electron chi connectivity index (χ1n) is 6.03. The van der Waals surface area contributed by atoms with E-state index >= 15 is 0 Å². The van der Waals surface area contributed by atoms with Gasteiger partial charge in [0.15, 0.2) is 4.77 Å². The zero-order valence-corrected chi connectivity index (χ0v) is 13.0. The Morgan fingerprint density at radius 1 is 1.32 bits per heavy atom. The molecule has 0 radical (unpaired) electrons. The Balaban J connectivity index is 2.23. The maximum absolute atomic E-state index is 6.21. The minimum Gasteiger partial charge on any atom is -0.329 e. The molecule has 1 unspecified atom stereocenters. The van der Waals surface area contributed by atoms with Crippen molar-refractivity contribution in [2.45, 2.75) is 19.9 Å². The Morgan fingerprint density at radius 2 is 2.11 bits per heavy atom. The van der Waals surface area contributed by atoms with Gasteiger partial charge in [0.2, 0.25) is 0 Å². The van der Waals surface area contributed by atoms with Gasteiger partial charge >= 0.3 is 0 Å². The first-order chi connectivity index (χ1) is 9.08. The molecule has 1 atom stereocenters. The van der Waals surface area contributed by atoms with Gasteiger partial charge in [0.25, 0.3) is 0 Å². The fourth-order valence-electron chi connectivity index (χ4n) is 2.30. The molecule has 0 saturated heterocycles. The van der Waals surface area contributed by atoms with Crippen LogP contribution in [0.15, 0.2) is 30.3 Å². The molecule has 19 heavy (non-hydrogen) atoms. The maximum Gasteiger partial charge on any atom is 0.178 e. The molecule has 2 aromatic heterocycles. The standard InChI is InChI=1S/C14H13ClN2S2/c1-8-6-7-12(19-8)9(2)17-11-5-3-4-10(15)13(11)16-14(17)18/h3-7,9H,1-2H3,(H,16,18). The summed E-state index contributed by atoms with van der Waals surface area (Å²) in [6.07, 6.45) is 0. The van der Waals surface area contributed by atoms with Gasteiger partial charge in [0, 0.05) is 9.75 Å². The predicted molar refractivity (Wildman–Crippen MR) is 85.0 cm³/mol. The van der Waals surface area contributed by atoms with Crippen LogP contribution in [0.2, 0.25) is 5.02 Å². The van der Waals surface area contributed by atoms with Crippen LogP contribution < -0.4 is 0 Å². The zero-order chi connectivity index (χ0) is 13.6. The first kappa shape index (κ1) is 12.9. The van der Waals surface area contributed by atoms with Crippen molar-refractivity contribution >= 4 is 46.2 Å². The average Bonchev–Trinajstić information content (AvgIpc) is 2.93. The third-order valence-electron chi connectivity index (χ3n) is 3.26.